The number of hydrogen-bond acceptors (Lipinski definition) is 7. The minimum absolute atomic E-state index is 0.188. The van der Waals surface area contributed by atoms with Crippen molar-refractivity contribution in [3.63, 3.8) is 0 Å². The van der Waals surface area contributed by atoms with Crippen molar-refractivity contribution in [2.24, 2.45) is 0 Å². The van der Waals surface area contributed by atoms with Gasteiger partial charge in [-0.3, -0.25) is 15.0 Å². The summed E-state index contributed by atoms with van der Waals surface area (Å²) in [5.74, 6) is 0. The summed E-state index contributed by atoms with van der Waals surface area (Å²) in [5, 5.41) is 28.7. The van der Waals surface area contributed by atoms with Crippen molar-refractivity contribution in [2.75, 3.05) is 0 Å². The number of fused-ring (bicyclic) bond motifs is 21. The van der Waals surface area contributed by atoms with E-state index in [1.54, 1.807) is 0 Å². The van der Waals surface area contributed by atoms with E-state index in [0.29, 0.717) is 0 Å². The third-order valence-corrected chi connectivity index (χ3v) is 32.2. The first-order chi connectivity index (χ1) is 71.2. The van der Waals surface area contributed by atoms with Crippen molar-refractivity contribution < 1.29 is 0 Å². The van der Waals surface area contributed by atoms with Crippen molar-refractivity contribution in [3.05, 3.63) is 477 Å². The molecule has 145 heavy (non-hydrogen) atoms. The molecule has 0 saturated heterocycles. The van der Waals surface area contributed by atoms with E-state index in [4.69, 9.17) is 19.9 Å². The summed E-state index contributed by atoms with van der Waals surface area (Å²) in [6, 6.07) is 151. The van der Waals surface area contributed by atoms with Gasteiger partial charge in [-0.2, -0.15) is 0 Å². The van der Waals surface area contributed by atoms with Crippen LogP contribution in [-0.4, -0.2) is 34.9 Å². The van der Waals surface area contributed by atoms with E-state index in [1.165, 1.54) is 236 Å². The zero-order valence-corrected chi connectivity index (χ0v) is 80.8. The minimum atomic E-state index is -0.196. The van der Waals surface area contributed by atoms with Crippen molar-refractivity contribution in [1.82, 2.24) is 34.9 Å². The Hall–Kier alpha value is -18.2. The second kappa shape index (κ2) is 31.9. The molecule has 0 unspecified atom stereocenters. The van der Waals surface area contributed by atoms with Gasteiger partial charge in [0.2, 0.25) is 0 Å². The lowest BCUT2D eigenvalue weighted by molar-refractivity contribution is 0.661. The molecule has 28 aromatic rings. The van der Waals surface area contributed by atoms with Crippen molar-refractivity contribution >= 4 is 151 Å². The van der Waals surface area contributed by atoms with E-state index in [2.05, 4.69) is 457 Å². The molecule has 0 saturated carbocycles. The fourth-order valence-electron chi connectivity index (χ4n) is 25.5. The first kappa shape index (κ1) is 83.8. The zero-order chi connectivity index (χ0) is 96.4. The average Bonchev–Trinajstić information content (AvgIpc) is 1.52. The highest BCUT2D eigenvalue weighted by Gasteiger charge is 2.44. The largest absolute Gasteiger partial charge is 0.265 e. The van der Waals surface area contributed by atoms with E-state index >= 15 is 0 Å². The summed E-state index contributed by atoms with van der Waals surface area (Å²) in [7, 11) is 0. The molecule has 0 N–H and O–H groups in total. The van der Waals surface area contributed by atoms with Crippen LogP contribution in [0.1, 0.15) is 74.9 Å². The van der Waals surface area contributed by atoms with Crippen LogP contribution in [-0.2, 0) is 16.2 Å². The average molecular weight is 1850 g/mol. The molecule has 7 aromatic heterocycles. The predicted octanol–water partition coefficient (Wildman–Crippen LogP) is 36.1. The van der Waals surface area contributed by atoms with Crippen LogP contribution in [0.3, 0.4) is 0 Å². The molecular formula is C138H91N7. The number of nitrogens with zero attached hydrogens (tertiary/aromatic N) is 7. The van der Waals surface area contributed by atoms with Gasteiger partial charge in [0.25, 0.3) is 0 Å². The lowest BCUT2D eigenvalue weighted by Crippen LogP contribution is -2.16. The summed E-state index contributed by atoms with van der Waals surface area (Å²) in [5.41, 5.74) is 38.6. The highest BCUT2D eigenvalue weighted by molar-refractivity contribution is 6.30. The van der Waals surface area contributed by atoms with Gasteiger partial charge in [0.05, 0.1) is 50.4 Å². The number of pyridine rings is 7. The van der Waals surface area contributed by atoms with Gasteiger partial charge in [0.1, 0.15) is 0 Å². The van der Waals surface area contributed by atoms with Crippen LogP contribution in [0.25, 0.3) is 274 Å². The minimum Gasteiger partial charge on any atom is -0.265 e. The smallest absolute Gasteiger partial charge is 0.0972 e. The van der Waals surface area contributed by atoms with Crippen LogP contribution in [0.2, 0.25) is 0 Å². The Morgan fingerprint density at radius 2 is 0.490 bits per heavy atom. The van der Waals surface area contributed by atoms with Crippen molar-refractivity contribution in [1.29, 1.82) is 0 Å². The molecule has 3 aliphatic carbocycles. The Morgan fingerprint density at radius 1 is 0.179 bits per heavy atom. The Kier molecular flexibility index (Phi) is 18.4. The summed E-state index contributed by atoms with van der Waals surface area (Å²) in [4.78, 5) is 34.5. The van der Waals surface area contributed by atoms with Gasteiger partial charge >= 0.3 is 0 Å². The van der Waals surface area contributed by atoms with Crippen LogP contribution in [0.5, 0.6) is 0 Å². The Morgan fingerprint density at radius 3 is 0.883 bits per heavy atom. The molecule has 7 heterocycles. The molecule has 0 aliphatic heterocycles. The number of hydrogen-bond donors (Lipinski definition) is 0. The lowest BCUT2D eigenvalue weighted by Gasteiger charge is -2.26. The second-order valence-corrected chi connectivity index (χ2v) is 41.1. The Bertz CT molecular complexity index is 9920. The fraction of sp³-hybridized carbons (Fsp3) is 0.0652. The van der Waals surface area contributed by atoms with Crippen LogP contribution in [0, 0.1) is 0 Å². The SMILES string of the molecule is CC1(C)c2ccccc2-c2nc3ccc4ccccc4c3c(-c3ccc(-c4ccc5ccc6c(-c7cccnc7)ccc7ccc4c5c76)cc3)c21.CC1(C)c2ccccc2-c2nc3ccc4ccccc4c3c(-c3ccc(-c4ccc5ccc6c(-c7ccncc7)ccc7ccc4c5c76)cc3)c21.CC1(C)c2ccccc2-c2nc3ccc4ccccc4c3c(-c3ccc(-c4ccc5ccc6cccnc6c5n4)cc3)c21. The molecule has 0 atom stereocenters. The fourth-order valence-corrected chi connectivity index (χ4v) is 25.5. The molecule has 0 bridgehead atoms. The molecule has 678 valence electrons. The van der Waals surface area contributed by atoms with E-state index in [-0.39, 0.29) is 16.2 Å². The highest BCUT2D eigenvalue weighted by Crippen LogP contribution is 2.59. The summed E-state index contributed by atoms with van der Waals surface area (Å²) in [6.07, 6.45) is 9.39. The van der Waals surface area contributed by atoms with Gasteiger partial charge < -0.3 is 0 Å². The molecule has 0 amide bonds. The molecule has 0 fully saturated rings. The first-order valence-corrected chi connectivity index (χ1v) is 50.3. The molecule has 3 aliphatic rings. The van der Waals surface area contributed by atoms with Crippen molar-refractivity contribution in [2.45, 2.75) is 57.8 Å². The normalized spacial score (nSPS) is 13.5. The van der Waals surface area contributed by atoms with E-state index < -0.39 is 0 Å². The summed E-state index contributed by atoms with van der Waals surface area (Å²) in [6.45, 7) is 14.1. The molecule has 7 nitrogen and oxygen atoms in total. The number of benzene rings is 21. The maximum atomic E-state index is 5.39. The third kappa shape index (κ3) is 12.7. The zero-order valence-electron chi connectivity index (χ0n) is 80.8. The van der Waals surface area contributed by atoms with Crippen LogP contribution >= 0.6 is 0 Å². The molecule has 0 radical (unpaired) electrons. The highest BCUT2D eigenvalue weighted by atomic mass is 14.8. The molecular weight excluding hydrogens is 1760 g/mol. The lowest BCUT2D eigenvalue weighted by atomic mass is 9.78. The van der Waals surface area contributed by atoms with Gasteiger partial charge in [-0.15, -0.1) is 0 Å². The van der Waals surface area contributed by atoms with Crippen molar-refractivity contribution in [3.8, 4) is 123 Å². The van der Waals surface area contributed by atoms with Gasteiger partial charge in [0, 0.05) is 102 Å². The quantitative estimate of drug-likeness (QED) is 0.140. The van der Waals surface area contributed by atoms with Crippen LogP contribution in [0.15, 0.2) is 443 Å². The van der Waals surface area contributed by atoms with Crippen LogP contribution in [0.4, 0.5) is 0 Å². The maximum absolute atomic E-state index is 5.39. The Labute approximate surface area is 837 Å². The van der Waals surface area contributed by atoms with E-state index in [9.17, 15) is 0 Å². The monoisotopic (exact) mass is 1850 g/mol. The van der Waals surface area contributed by atoms with Gasteiger partial charge in [-0.05, 0) is 251 Å². The maximum Gasteiger partial charge on any atom is 0.0972 e. The predicted molar refractivity (Wildman–Crippen MR) is 608 cm³/mol. The first-order valence-electron chi connectivity index (χ1n) is 50.3. The third-order valence-electron chi connectivity index (χ3n) is 32.2. The summed E-state index contributed by atoms with van der Waals surface area (Å²) < 4.78 is 0. The second-order valence-electron chi connectivity index (χ2n) is 41.1. The van der Waals surface area contributed by atoms with E-state index in [1.807, 2.05) is 43.1 Å². The standard InChI is InChI=1S/2C49H32N2.C40H27N3/c1-49(2)41-12-6-5-11-40(41)48-47(49)45(46-37-10-4-3-8-29(37)21-26-42(46)51-48)33-15-13-30(14-16-33)35-22-17-31-20-25-39-36(34-9-7-27-50-28-34)23-18-32-19-24-38(35)43(31)44(32)39;1-49(2)41-10-6-5-9-40(41)48-47(49)45(46-37-8-4-3-7-29(37)19-24-42(46)51-48)34-13-11-30(12-14-34)35-20-15-32-18-23-39-36(31-25-27-50-28-26-31)21-16-33-17-22-38(35)43(32)44(33)39;1-40(2)31-12-6-5-11-30(31)39-36(40)34(35-29-10-4-3-8-24(29)19-22-33(35)43-39)26-15-13-25(14-16-26)32-21-20-28-18-17-27-9-7-23-41-37(27)38(28)42-32/h2*3-28H,1-2H3;3-23H,1-2H3. The topological polar surface area (TPSA) is 90.2 Å². The number of aromatic nitrogens is 7. The van der Waals surface area contributed by atoms with E-state index in [0.717, 1.165) is 72.3 Å². The molecule has 0 spiro atoms. The number of rotatable bonds is 8. The Balaban J connectivity index is 0.000000104. The van der Waals surface area contributed by atoms with Gasteiger partial charge in [0.15, 0.2) is 0 Å². The summed E-state index contributed by atoms with van der Waals surface area (Å²) >= 11 is 0. The molecule has 31 rings (SSSR count). The van der Waals surface area contributed by atoms with Gasteiger partial charge in [-0.25, -0.2) is 19.9 Å². The molecule has 21 aromatic carbocycles. The molecule has 7 heteroatoms. The van der Waals surface area contributed by atoms with Crippen LogP contribution < -0.4 is 0 Å². The van der Waals surface area contributed by atoms with Gasteiger partial charge in [-0.1, -0.05) is 406 Å².